The molecule has 3 rings (SSSR count). The topological polar surface area (TPSA) is 56.8 Å². The van der Waals surface area contributed by atoms with Gasteiger partial charge in [-0.05, 0) is 37.5 Å². The van der Waals surface area contributed by atoms with Gasteiger partial charge < -0.3 is 19.5 Å². The average Bonchev–Trinajstić information content (AvgIpc) is 2.67. The minimum absolute atomic E-state index is 0.0533. The first kappa shape index (κ1) is 18.4. The molecule has 1 aliphatic heterocycles. The van der Waals surface area contributed by atoms with Crippen molar-refractivity contribution >= 4 is 17.7 Å². The molecule has 0 saturated heterocycles. The van der Waals surface area contributed by atoms with Gasteiger partial charge in [-0.15, -0.1) is 11.8 Å². The first-order valence-corrected chi connectivity index (χ1v) is 10.2. The maximum absolute atomic E-state index is 11.9. The van der Waals surface area contributed by atoms with Crippen LogP contribution in [0.5, 0.6) is 11.5 Å². The van der Waals surface area contributed by atoms with E-state index in [1.54, 1.807) is 0 Å². The van der Waals surface area contributed by atoms with E-state index in [0.29, 0.717) is 31.6 Å². The lowest BCUT2D eigenvalue weighted by Gasteiger charge is -2.21. The minimum Gasteiger partial charge on any atom is -0.486 e. The summed E-state index contributed by atoms with van der Waals surface area (Å²) in [6, 6.07) is 5.80. The van der Waals surface area contributed by atoms with E-state index >= 15 is 0 Å². The summed E-state index contributed by atoms with van der Waals surface area (Å²) in [4.78, 5) is 13.0. The Labute approximate surface area is 153 Å². The molecule has 1 heterocycles. The van der Waals surface area contributed by atoms with E-state index in [1.807, 2.05) is 18.2 Å². The van der Waals surface area contributed by atoms with Crippen molar-refractivity contribution in [2.75, 3.05) is 32.1 Å². The molecule has 2 aliphatic rings. The zero-order valence-electron chi connectivity index (χ0n) is 14.6. The summed E-state index contributed by atoms with van der Waals surface area (Å²) in [7, 11) is 0. The van der Waals surface area contributed by atoms with Crippen LogP contribution in [0.3, 0.4) is 0 Å². The number of thioether (sulfide) groups is 1. The lowest BCUT2D eigenvalue weighted by atomic mass is 9.98. The van der Waals surface area contributed by atoms with Gasteiger partial charge in [-0.1, -0.05) is 19.3 Å². The molecule has 1 aromatic carbocycles. The maximum Gasteiger partial charge on any atom is 0.230 e. The van der Waals surface area contributed by atoms with Crippen LogP contribution in [0.15, 0.2) is 23.1 Å². The van der Waals surface area contributed by atoms with Gasteiger partial charge in [-0.25, -0.2) is 0 Å². The summed E-state index contributed by atoms with van der Waals surface area (Å²) in [6.07, 6.45) is 7.62. The molecule has 0 radical (unpaired) electrons. The monoisotopic (exact) mass is 365 g/mol. The lowest BCUT2D eigenvalue weighted by molar-refractivity contribution is -0.118. The first-order valence-electron chi connectivity index (χ1n) is 9.22. The predicted molar refractivity (Wildman–Crippen MR) is 98.6 cm³/mol. The standard InChI is InChI=1S/C19H27NO4S/c21-19(20-9-4-10-22-15-5-2-1-3-6-15)14-25-16-7-8-17-18(13-16)24-12-11-23-17/h7-8,13,15H,1-6,9-12,14H2,(H,20,21). The maximum atomic E-state index is 11.9. The first-order chi connectivity index (χ1) is 12.3. The fourth-order valence-corrected chi connectivity index (χ4v) is 3.85. The number of nitrogens with one attached hydrogen (secondary N) is 1. The smallest absolute Gasteiger partial charge is 0.230 e. The largest absolute Gasteiger partial charge is 0.486 e. The number of ether oxygens (including phenoxy) is 3. The molecular weight excluding hydrogens is 338 g/mol. The van der Waals surface area contributed by atoms with Gasteiger partial charge in [0.25, 0.3) is 0 Å². The third kappa shape index (κ3) is 6.12. The van der Waals surface area contributed by atoms with E-state index < -0.39 is 0 Å². The van der Waals surface area contributed by atoms with Crippen molar-refractivity contribution in [2.24, 2.45) is 0 Å². The summed E-state index contributed by atoms with van der Waals surface area (Å²) >= 11 is 1.51. The molecule has 0 unspecified atom stereocenters. The number of hydrogen-bond donors (Lipinski definition) is 1. The number of carbonyl (C=O) groups excluding carboxylic acids is 1. The van der Waals surface area contributed by atoms with Crippen molar-refractivity contribution in [1.29, 1.82) is 0 Å². The molecule has 5 nitrogen and oxygen atoms in total. The van der Waals surface area contributed by atoms with Crippen LogP contribution in [0.25, 0.3) is 0 Å². The average molecular weight is 365 g/mol. The molecule has 1 fully saturated rings. The fourth-order valence-electron chi connectivity index (χ4n) is 3.10. The molecule has 1 aliphatic carbocycles. The number of rotatable bonds is 8. The molecule has 0 bridgehead atoms. The zero-order chi connectivity index (χ0) is 17.3. The Bertz CT molecular complexity index is 560. The third-order valence-electron chi connectivity index (χ3n) is 4.43. The molecule has 0 atom stereocenters. The van der Waals surface area contributed by atoms with E-state index in [1.165, 1.54) is 43.9 Å². The number of fused-ring (bicyclic) bond motifs is 1. The minimum atomic E-state index is 0.0533. The summed E-state index contributed by atoms with van der Waals surface area (Å²) in [5.74, 6) is 2.00. The Morgan fingerprint density at radius 1 is 1.16 bits per heavy atom. The molecule has 0 spiro atoms. The molecule has 1 aromatic rings. The number of benzene rings is 1. The van der Waals surface area contributed by atoms with E-state index in [4.69, 9.17) is 14.2 Å². The highest BCUT2D eigenvalue weighted by Crippen LogP contribution is 2.34. The highest BCUT2D eigenvalue weighted by molar-refractivity contribution is 8.00. The summed E-state index contributed by atoms with van der Waals surface area (Å²) in [5, 5.41) is 2.96. The van der Waals surface area contributed by atoms with Gasteiger partial charge in [0.05, 0.1) is 11.9 Å². The van der Waals surface area contributed by atoms with Crippen molar-refractivity contribution < 1.29 is 19.0 Å². The van der Waals surface area contributed by atoms with Crippen molar-refractivity contribution in [1.82, 2.24) is 5.32 Å². The predicted octanol–water partition coefficient (Wildman–Crippen LogP) is 3.41. The molecule has 1 amide bonds. The van der Waals surface area contributed by atoms with E-state index in [0.717, 1.165) is 29.4 Å². The molecule has 138 valence electrons. The van der Waals surface area contributed by atoms with Crippen LogP contribution in [0.4, 0.5) is 0 Å². The second kappa shape index (κ2) is 9.92. The van der Waals surface area contributed by atoms with Gasteiger partial charge in [-0.2, -0.15) is 0 Å². The van der Waals surface area contributed by atoms with Crippen LogP contribution >= 0.6 is 11.8 Å². The number of carbonyl (C=O) groups is 1. The van der Waals surface area contributed by atoms with E-state index in [9.17, 15) is 4.79 Å². The van der Waals surface area contributed by atoms with Crippen molar-refractivity contribution in [3.05, 3.63) is 18.2 Å². The van der Waals surface area contributed by atoms with Crippen molar-refractivity contribution in [2.45, 2.75) is 49.5 Å². The Hall–Kier alpha value is -1.40. The van der Waals surface area contributed by atoms with Crippen molar-refractivity contribution in [3.63, 3.8) is 0 Å². The molecule has 25 heavy (non-hydrogen) atoms. The van der Waals surface area contributed by atoms with Gasteiger partial charge in [0.1, 0.15) is 13.2 Å². The van der Waals surface area contributed by atoms with Gasteiger partial charge in [0, 0.05) is 18.0 Å². The normalized spacial score (nSPS) is 17.3. The lowest BCUT2D eigenvalue weighted by Crippen LogP contribution is -2.27. The van der Waals surface area contributed by atoms with Crippen molar-refractivity contribution in [3.8, 4) is 11.5 Å². The second-order valence-electron chi connectivity index (χ2n) is 6.43. The van der Waals surface area contributed by atoms with Gasteiger partial charge in [-0.3, -0.25) is 4.79 Å². The van der Waals surface area contributed by atoms with Crippen LogP contribution < -0.4 is 14.8 Å². The quantitative estimate of drug-likeness (QED) is 0.565. The fraction of sp³-hybridized carbons (Fsp3) is 0.632. The Morgan fingerprint density at radius 3 is 2.80 bits per heavy atom. The van der Waals surface area contributed by atoms with Crippen LogP contribution in [-0.2, 0) is 9.53 Å². The highest BCUT2D eigenvalue weighted by Gasteiger charge is 2.14. The summed E-state index contributed by atoms with van der Waals surface area (Å²) in [6.45, 7) is 2.57. The number of hydrogen-bond acceptors (Lipinski definition) is 5. The Morgan fingerprint density at radius 2 is 1.96 bits per heavy atom. The van der Waals surface area contributed by atoms with Crippen LogP contribution in [0.1, 0.15) is 38.5 Å². The summed E-state index contributed by atoms with van der Waals surface area (Å²) in [5.41, 5.74) is 0. The molecule has 6 heteroatoms. The molecule has 1 saturated carbocycles. The molecule has 1 N–H and O–H groups in total. The van der Waals surface area contributed by atoms with E-state index in [2.05, 4.69) is 5.32 Å². The van der Waals surface area contributed by atoms with Gasteiger partial charge in [0.15, 0.2) is 11.5 Å². The number of amides is 1. The SMILES string of the molecule is O=C(CSc1ccc2c(c1)OCCO2)NCCCOC1CCCCC1. The Balaban J connectivity index is 1.28. The van der Waals surface area contributed by atoms with Crippen LogP contribution in [0, 0.1) is 0 Å². The second-order valence-corrected chi connectivity index (χ2v) is 7.48. The molecular formula is C19H27NO4S. The Kier molecular flexibility index (Phi) is 7.30. The molecule has 0 aromatic heterocycles. The van der Waals surface area contributed by atoms with Gasteiger partial charge >= 0.3 is 0 Å². The van der Waals surface area contributed by atoms with Gasteiger partial charge in [0.2, 0.25) is 5.91 Å². The highest BCUT2D eigenvalue weighted by atomic mass is 32.2. The van der Waals surface area contributed by atoms with Crippen LogP contribution in [-0.4, -0.2) is 44.1 Å². The van der Waals surface area contributed by atoms with Crippen LogP contribution in [0.2, 0.25) is 0 Å². The summed E-state index contributed by atoms with van der Waals surface area (Å²) < 4.78 is 16.9. The van der Waals surface area contributed by atoms with E-state index in [-0.39, 0.29) is 5.91 Å². The zero-order valence-corrected chi connectivity index (χ0v) is 15.4. The third-order valence-corrected chi connectivity index (χ3v) is 5.43.